The molecule has 2 saturated carbocycles. The Balaban J connectivity index is 2.00. The van der Waals surface area contributed by atoms with Crippen LogP contribution in [0, 0.1) is 11.8 Å². The van der Waals surface area contributed by atoms with Gasteiger partial charge in [-0.1, -0.05) is 19.8 Å². The molecule has 1 atom stereocenters. The third-order valence-electron chi connectivity index (χ3n) is 5.08. The molecule has 0 aromatic heterocycles. The topological polar surface area (TPSA) is 41.6 Å². The van der Waals surface area contributed by atoms with Gasteiger partial charge in [0.25, 0.3) is 0 Å². The van der Waals surface area contributed by atoms with Crippen molar-refractivity contribution in [3.8, 4) is 0 Å². The molecule has 2 fully saturated rings. The van der Waals surface area contributed by atoms with Gasteiger partial charge in [-0.25, -0.2) is 4.79 Å². The number of ether oxygens (including phenoxy) is 1. The van der Waals surface area contributed by atoms with Gasteiger partial charge in [0.15, 0.2) is 0 Å². The normalized spacial score (nSPS) is 22.5. The lowest BCUT2D eigenvalue weighted by atomic mass is 9.91. The van der Waals surface area contributed by atoms with Crippen LogP contribution < -0.4 is 5.32 Å². The van der Waals surface area contributed by atoms with Gasteiger partial charge in [0.05, 0.1) is 7.11 Å². The fraction of sp³-hybridized carbons (Fsp3) is 0.941. The van der Waals surface area contributed by atoms with E-state index in [0.29, 0.717) is 5.92 Å². The number of methoxy groups -OCH3 is 1. The number of likely N-dealkylation sites (N-methyl/N-ethyl adjacent to an activating group) is 1. The minimum Gasteiger partial charge on any atom is -0.468 e. The summed E-state index contributed by atoms with van der Waals surface area (Å²) in [4.78, 5) is 14.8. The maximum atomic E-state index is 12.5. The van der Waals surface area contributed by atoms with Crippen molar-refractivity contribution in [2.45, 2.75) is 57.4 Å². The van der Waals surface area contributed by atoms with E-state index in [1.807, 2.05) is 0 Å². The smallest absolute Gasteiger partial charge is 0.327 e. The van der Waals surface area contributed by atoms with Gasteiger partial charge in [-0.05, 0) is 57.5 Å². The van der Waals surface area contributed by atoms with E-state index in [1.165, 1.54) is 32.8 Å². The molecule has 1 unspecified atom stereocenters. The highest BCUT2D eigenvalue weighted by Crippen LogP contribution is 2.41. The molecular formula is C17H32N2O2. The summed E-state index contributed by atoms with van der Waals surface area (Å²) in [5.41, 5.74) is -0.488. The lowest BCUT2D eigenvalue weighted by Crippen LogP contribution is -2.61. The Labute approximate surface area is 129 Å². The first-order valence-electron chi connectivity index (χ1n) is 8.64. The Morgan fingerprint density at radius 1 is 1.29 bits per heavy atom. The van der Waals surface area contributed by atoms with Gasteiger partial charge in [0.1, 0.15) is 5.54 Å². The molecule has 0 bridgehead atoms. The Hall–Kier alpha value is -0.610. The van der Waals surface area contributed by atoms with E-state index in [4.69, 9.17) is 4.74 Å². The number of nitrogens with one attached hydrogen (secondary N) is 1. The number of nitrogens with zero attached hydrogens (tertiary/aromatic N) is 1. The van der Waals surface area contributed by atoms with Gasteiger partial charge >= 0.3 is 5.97 Å². The number of carbonyl (C=O) groups is 1. The summed E-state index contributed by atoms with van der Waals surface area (Å²) >= 11 is 0. The molecule has 2 aliphatic carbocycles. The molecule has 0 aromatic rings. The van der Waals surface area contributed by atoms with Gasteiger partial charge in [-0.15, -0.1) is 0 Å². The molecule has 0 aliphatic heterocycles. The molecule has 0 radical (unpaired) electrons. The summed E-state index contributed by atoms with van der Waals surface area (Å²) in [7, 11) is 3.68. The number of carbonyl (C=O) groups excluding carboxylic acids is 1. The second-order valence-electron chi connectivity index (χ2n) is 7.01. The summed E-state index contributed by atoms with van der Waals surface area (Å²) in [5, 5.41) is 3.54. The van der Waals surface area contributed by atoms with Gasteiger partial charge in [-0.2, -0.15) is 0 Å². The van der Waals surface area contributed by atoms with Crippen LogP contribution in [0.25, 0.3) is 0 Å². The molecule has 0 spiro atoms. The Morgan fingerprint density at radius 3 is 2.48 bits per heavy atom. The van der Waals surface area contributed by atoms with Gasteiger partial charge in [0.2, 0.25) is 0 Å². The number of rotatable bonds is 9. The zero-order chi connectivity index (χ0) is 15.3. The van der Waals surface area contributed by atoms with Crippen LogP contribution in [0.1, 0.15) is 51.9 Å². The maximum absolute atomic E-state index is 12.5. The van der Waals surface area contributed by atoms with Crippen molar-refractivity contribution in [2.24, 2.45) is 11.8 Å². The van der Waals surface area contributed by atoms with Crippen molar-refractivity contribution >= 4 is 5.97 Å². The van der Waals surface area contributed by atoms with Crippen LogP contribution in [-0.4, -0.2) is 50.2 Å². The third kappa shape index (κ3) is 4.19. The SMILES string of the molecule is CCCNC(CN(C)CC1CCCC1)(C(=O)OC)C1CC1. The van der Waals surface area contributed by atoms with Gasteiger partial charge in [0, 0.05) is 13.1 Å². The number of hydrogen-bond acceptors (Lipinski definition) is 4. The van der Waals surface area contributed by atoms with Crippen LogP contribution in [0.3, 0.4) is 0 Å². The Morgan fingerprint density at radius 2 is 1.95 bits per heavy atom. The van der Waals surface area contributed by atoms with Crippen molar-refractivity contribution < 1.29 is 9.53 Å². The zero-order valence-corrected chi connectivity index (χ0v) is 14.0. The van der Waals surface area contributed by atoms with Crippen LogP contribution in [-0.2, 0) is 9.53 Å². The summed E-state index contributed by atoms with van der Waals surface area (Å²) in [5.74, 6) is 1.19. The predicted octanol–water partition coefficient (Wildman–Crippen LogP) is 2.43. The molecule has 0 heterocycles. The molecule has 0 saturated heterocycles. The van der Waals surface area contributed by atoms with E-state index < -0.39 is 5.54 Å². The average Bonchev–Trinajstić information content (AvgIpc) is 3.22. The molecule has 4 nitrogen and oxygen atoms in total. The first-order chi connectivity index (χ1) is 10.1. The van der Waals surface area contributed by atoms with Crippen LogP contribution in [0.2, 0.25) is 0 Å². The second-order valence-corrected chi connectivity index (χ2v) is 7.01. The van der Waals surface area contributed by atoms with E-state index in [0.717, 1.165) is 44.8 Å². The minimum atomic E-state index is -0.488. The average molecular weight is 296 g/mol. The van der Waals surface area contributed by atoms with Crippen molar-refractivity contribution in [1.82, 2.24) is 10.2 Å². The van der Waals surface area contributed by atoms with Crippen LogP contribution in [0.4, 0.5) is 0 Å². The van der Waals surface area contributed by atoms with E-state index >= 15 is 0 Å². The Kier molecular flexibility index (Phi) is 6.06. The van der Waals surface area contributed by atoms with Crippen molar-refractivity contribution in [1.29, 1.82) is 0 Å². The van der Waals surface area contributed by atoms with E-state index in [-0.39, 0.29) is 5.97 Å². The lowest BCUT2D eigenvalue weighted by Gasteiger charge is -2.36. The van der Waals surface area contributed by atoms with Gasteiger partial charge in [-0.3, -0.25) is 0 Å². The lowest BCUT2D eigenvalue weighted by molar-refractivity contribution is -0.150. The molecule has 4 heteroatoms. The highest BCUT2D eigenvalue weighted by atomic mass is 16.5. The quantitative estimate of drug-likeness (QED) is 0.664. The maximum Gasteiger partial charge on any atom is 0.327 e. The summed E-state index contributed by atoms with van der Waals surface area (Å²) in [6.07, 6.45) is 8.77. The van der Waals surface area contributed by atoms with E-state index in [9.17, 15) is 4.79 Å². The van der Waals surface area contributed by atoms with E-state index in [1.54, 1.807) is 0 Å². The standard InChI is InChI=1S/C17H32N2O2/c1-4-11-18-17(15-9-10-15,16(20)21-3)13-19(2)12-14-7-5-6-8-14/h14-15,18H,4-13H2,1-3H3. The van der Waals surface area contributed by atoms with Crippen LogP contribution >= 0.6 is 0 Å². The zero-order valence-electron chi connectivity index (χ0n) is 14.0. The fourth-order valence-corrected chi connectivity index (χ4v) is 3.86. The van der Waals surface area contributed by atoms with Crippen LogP contribution in [0.15, 0.2) is 0 Å². The van der Waals surface area contributed by atoms with Crippen molar-refractivity contribution in [2.75, 3.05) is 33.8 Å². The molecule has 2 rings (SSSR count). The molecule has 21 heavy (non-hydrogen) atoms. The monoisotopic (exact) mass is 296 g/mol. The number of esters is 1. The largest absolute Gasteiger partial charge is 0.468 e. The first-order valence-corrected chi connectivity index (χ1v) is 8.64. The van der Waals surface area contributed by atoms with Crippen molar-refractivity contribution in [3.05, 3.63) is 0 Å². The van der Waals surface area contributed by atoms with E-state index in [2.05, 4.69) is 24.2 Å². The third-order valence-corrected chi connectivity index (χ3v) is 5.08. The highest BCUT2D eigenvalue weighted by Gasteiger charge is 2.52. The number of hydrogen-bond donors (Lipinski definition) is 1. The second kappa shape index (κ2) is 7.59. The predicted molar refractivity (Wildman–Crippen MR) is 85.2 cm³/mol. The fourth-order valence-electron chi connectivity index (χ4n) is 3.86. The summed E-state index contributed by atoms with van der Waals surface area (Å²) < 4.78 is 5.16. The molecule has 0 amide bonds. The Bertz CT molecular complexity index is 338. The van der Waals surface area contributed by atoms with Crippen LogP contribution in [0.5, 0.6) is 0 Å². The minimum absolute atomic E-state index is 0.0725. The highest BCUT2D eigenvalue weighted by molar-refractivity contribution is 5.82. The van der Waals surface area contributed by atoms with Gasteiger partial charge < -0.3 is 15.0 Å². The summed E-state index contributed by atoms with van der Waals surface area (Å²) in [6.45, 7) is 4.91. The molecule has 2 aliphatic rings. The molecule has 122 valence electrons. The first kappa shape index (κ1) is 16.8. The molecule has 1 N–H and O–H groups in total. The summed E-state index contributed by atoms with van der Waals surface area (Å²) in [6, 6.07) is 0. The molecule has 0 aromatic carbocycles. The molecular weight excluding hydrogens is 264 g/mol. The van der Waals surface area contributed by atoms with Crippen molar-refractivity contribution in [3.63, 3.8) is 0 Å².